The predicted molar refractivity (Wildman–Crippen MR) is 167 cm³/mol. The molecular formula is C32H32FN3O6S2. The number of ether oxygens (including phenoxy) is 1. The van der Waals surface area contributed by atoms with Crippen LogP contribution in [-0.4, -0.2) is 47.7 Å². The molecule has 230 valence electrons. The standard InChI is InChI=1S/C32H32FN3O6S2/c1-18-27(34-19(2)42-18)31(38)36-25-8-5-9-26(37)28(25)35-24-16-32(3,4)17-44(39,40)30(24)29(36)22-11-10-20(15-23(22)33)41-13-12-21-7-6-14-43-21/h5-11,14-15,29-30,37H,12-13,16-17H2,1-4H3. The van der Waals surface area contributed by atoms with Crippen molar-refractivity contribution in [3.63, 3.8) is 0 Å². The lowest BCUT2D eigenvalue weighted by atomic mass is 9.85. The van der Waals surface area contributed by atoms with Gasteiger partial charge in [-0.2, -0.15) is 0 Å². The molecule has 0 aliphatic carbocycles. The number of thiophene rings is 1. The van der Waals surface area contributed by atoms with Crippen molar-refractivity contribution in [1.29, 1.82) is 0 Å². The van der Waals surface area contributed by atoms with Gasteiger partial charge in [-0.05, 0) is 48.4 Å². The number of carbonyl (C=O) groups is 1. The monoisotopic (exact) mass is 637 g/mol. The number of aromatic hydroxyl groups is 1. The van der Waals surface area contributed by atoms with E-state index in [4.69, 9.17) is 14.1 Å². The summed E-state index contributed by atoms with van der Waals surface area (Å²) in [6.07, 6.45) is 0.912. The second-order valence-electron chi connectivity index (χ2n) is 11.9. The lowest BCUT2D eigenvalue weighted by molar-refractivity contribution is 0.0971. The summed E-state index contributed by atoms with van der Waals surface area (Å²) in [6, 6.07) is 11.3. The summed E-state index contributed by atoms with van der Waals surface area (Å²) >= 11 is 1.60. The van der Waals surface area contributed by atoms with Crippen molar-refractivity contribution >= 4 is 44.2 Å². The number of sulfone groups is 1. The number of aryl methyl sites for hydroxylation is 2. The number of aromatic nitrogens is 1. The quantitative estimate of drug-likeness (QED) is 0.256. The molecule has 44 heavy (non-hydrogen) atoms. The van der Waals surface area contributed by atoms with E-state index in [0.717, 1.165) is 4.88 Å². The van der Waals surface area contributed by atoms with Crippen molar-refractivity contribution in [1.82, 2.24) is 4.98 Å². The van der Waals surface area contributed by atoms with Crippen molar-refractivity contribution in [2.24, 2.45) is 10.4 Å². The molecule has 2 aromatic carbocycles. The first kappa shape index (κ1) is 30.0. The van der Waals surface area contributed by atoms with Gasteiger partial charge in [-0.25, -0.2) is 17.8 Å². The van der Waals surface area contributed by atoms with Crippen LogP contribution >= 0.6 is 11.3 Å². The van der Waals surface area contributed by atoms with E-state index in [0.29, 0.717) is 13.0 Å². The number of anilines is 1. The summed E-state index contributed by atoms with van der Waals surface area (Å²) in [5.74, 6) is -1.14. The van der Waals surface area contributed by atoms with Crippen LogP contribution in [0.4, 0.5) is 15.8 Å². The molecule has 2 unspecified atom stereocenters. The Morgan fingerprint density at radius 3 is 2.68 bits per heavy atom. The smallest absolute Gasteiger partial charge is 0.281 e. The lowest BCUT2D eigenvalue weighted by Crippen LogP contribution is -2.53. The highest BCUT2D eigenvalue weighted by molar-refractivity contribution is 7.93. The molecule has 1 fully saturated rings. The molecule has 1 amide bonds. The number of aliphatic imine (C=N–C) groups is 1. The molecular weight excluding hydrogens is 605 g/mol. The second-order valence-corrected chi connectivity index (χ2v) is 15.1. The van der Waals surface area contributed by atoms with E-state index in [9.17, 15) is 18.3 Å². The van der Waals surface area contributed by atoms with E-state index in [2.05, 4.69) is 4.98 Å². The average Bonchev–Trinajstić information content (AvgIpc) is 3.53. The van der Waals surface area contributed by atoms with E-state index < -0.39 is 38.3 Å². The molecule has 2 aliphatic rings. The highest BCUT2D eigenvalue weighted by Crippen LogP contribution is 2.50. The van der Waals surface area contributed by atoms with Crippen molar-refractivity contribution in [2.45, 2.75) is 51.8 Å². The maximum Gasteiger partial charge on any atom is 0.281 e. The van der Waals surface area contributed by atoms with Crippen LogP contribution in [0.5, 0.6) is 11.5 Å². The Hall–Kier alpha value is -4.03. The number of rotatable bonds is 6. The SMILES string of the molecule is Cc1nc(C(=O)N2c3cccc(O)c3N=C3CC(C)(C)CS(=O)(=O)C3C2c2ccc(OCCc3cccs3)cc2F)c(C)o1. The average molecular weight is 638 g/mol. The molecule has 12 heteroatoms. The minimum absolute atomic E-state index is 0.0287. The van der Waals surface area contributed by atoms with Crippen LogP contribution in [0.3, 0.4) is 0 Å². The number of hydrogen-bond donors (Lipinski definition) is 1. The van der Waals surface area contributed by atoms with Gasteiger partial charge in [-0.3, -0.25) is 14.7 Å². The van der Waals surface area contributed by atoms with Gasteiger partial charge in [0.05, 0.1) is 24.1 Å². The van der Waals surface area contributed by atoms with E-state index in [-0.39, 0.29) is 63.7 Å². The van der Waals surface area contributed by atoms with Gasteiger partial charge >= 0.3 is 0 Å². The zero-order valence-corrected chi connectivity index (χ0v) is 26.3. The van der Waals surface area contributed by atoms with E-state index in [1.165, 1.54) is 29.2 Å². The van der Waals surface area contributed by atoms with Crippen LogP contribution in [-0.2, 0) is 16.3 Å². The molecule has 0 spiro atoms. The third-order valence-corrected chi connectivity index (χ3v) is 11.3. The first-order valence-electron chi connectivity index (χ1n) is 14.2. The van der Waals surface area contributed by atoms with Gasteiger partial charge < -0.3 is 14.3 Å². The summed E-state index contributed by atoms with van der Waals surface area (Å²) in [6.45, 7) is 7.14. The molecule has 0 saturated carbocycles. The Morgan fingerprint density at radius 1 is 1.20 bits per heavy atom. The van der Waals surface area contributed by atoms with Crippen LogP contribution < -0.4 is 9.64 Å². The third kappa shape index (κ3) is 5.52. The molecule has 2 atom stereocenters. The van der Waals surface area contributed by atoms with Gasteiger partial charge in [0.2, 0.25) is 0 Å². The molecule has 2 aromatic heterocycles. The van der Waals surface area contributed by atoms with Gasteiger partial charge in [0.15, 0.2) is 21.4 Å². The number of carbonyl (C=O) groups excluding carboxylic acids is 1. The van der Waals surface area contributed by atoms with Gasteiger partial charge in [0, 0.05) is 35.6 Å². The van der Waals surface area contributed by atoms with Crippen molar-refractivity contribution in [3.8, 4) is 11.5 Å². The summed E-state index contributed by atoms with van der Waals surface area (Å²) in [7, 11) is -4.01. The molecule has 4 aromatic rings. The highest BCUT2D eigenvalue weighted by Gasteiger charge is 2.52. The fraction of sp³-hybridized carbons (Fsp3) is 0.344. The first-order chi connectivity index (χ1) is 20.8. The fourth-order valence-corrected chi connectivity index (χ4v) is 9.44. The van der Waals surface area contributed by atoms with Crippen LogP contribution in [0.1, 0.15) is 58.9 Å². The zero-order valence-electron chi connectivity index (χ0n) is 24.7. The number of nitrogens with zero attached hydrogens (tertiary/aromatic N) is 3. The Morgan fingerprint density at radius 2 is 2.00 bits per heavy atom. The molecule has 4 heterocycles. The summed E-state index contributed by atoms with van der Waals surface area (Å²) < 4.78 is 55.9. The normalized spacial score (nSPS) is 20.3. The number of para-hydroxylation sites is 1. The van der Waals surface area contributed by atoms with Gasteiger partial charge in [0.1, 0.15) is 34.0 Å². The maximum absolute atomic E-state index is 16.3. The molecule has 0 bridgehead atoms. The Bertz CT molecular complexity index is 1880. The van der Waals surface area contributed by atoms with E-state index in [1.54, 1.807) is 37.3 Å². The number of fused-ring (bicyclic) bond motifs is 2. The number of phenolic OH excluding ortho intramolecular Hbond substituents is 1. The highest BCUT2D eigenvalue weighted by atomic mass is 32.2. The van der Waals surface area contributed by atoms with Crippen LogP contribution in [0.25, 0.3) is 0 Å². The van der Waals surface area contributed by atoms with Gasteiger partial charge in [-0.15, -0.1) is 11.3 Å². The van der Waals surface area contributed by atoms with Crippen LogP contribution in [0.2, 0.25) is 0 Å². The number of hydrogen-bond acceptors (Lipinski definition) is 9. The lowest BCUT2D eigenvalue weighted by Gasteiger charge is -2.41. The minimum Gasteiger partial charge on any atom is -0.506 e. The van der Waals surface area contributed by atoms with Crippen molar-refractivity contribution in [2.75, 3.05) is 17.3 Å². The maximum atomic E-state index is 16.3. The Kier molecular flexibility index (Phi) is 7.61. The number of halogens is 1. The number of benzene rings is 2. The molecule has 2 aliphatic heterocycles. The molecule has 9 nitrogen and oxygen atoms in total. The zero-order chi connectivity index (χ0) is 31.4. The number of oxazole rings is 1. The largest absolute Gasteiger partial charge is 0.506 e. The first-order valence-corrected chi connectivity index (χ1v) is 16.8. The molecule has 6 rings (SSSR count). The van der Waals surface area contributed by atoms with Crippen molar-refractivity contribution < 1.29 is 31.9 Å². The summed E-state index contributed by atoms with van der Waals surface area (Å²) in [4.78, 5) is 25.7. The van der Waals surface area contributed by atoms with Gasteiger partial charge in [-0.1, -0.05) is 32.0 Å². The molecule has 1 N–H and O–H groups in total. The fourth-order valence-electron chi connectivity index (χ4n) is 6.16. The predicted octanol–water partition coefficient (Wildman–Crippen LogP) is 6.51. The number of amides is 1. The summed E-state index contributed by atoms with van der Waals surface area (Å²) in [5, 5.41) is 11.5. The van der Waals surface area contributed by atoms with Gasteiger partial charge in [0.25, 0.3) is 5.91 Å². The molecule has 1 saturated heterocycles. The third-order valence-electron chi connectivity index (χ3n) is 7.85. The van der Waals surface area contributed by atoms with Crippen LogP contribution in [0.15, 0.2) is 63.3 Å². The summed E-state index contributed by atoms with van der Waals surface area (Å²) in [5.41, 5.74) is -0.352. The van der Waals surface area contributed by atoms with Crippen LogP contribution in [0, 0.1) is 25.1 Å². The topological polar surface area (TPSA) is 122 Å². The Labute approximate surface area is 259 Å². The second kappa shape index (κ2) is 11.2. The van der Waals surface area contributed by atoms with E-state index in [1.807, 2.05) is 31.4 Å². The number of phenols is 1. The Balaban J connectivity index is 1.52. The van der Waals surface area contributed by atoms with E-state index >= 15 is 4.39 Å². The van der Waals surface area contributed by atoms with Crippen molar-refractivity contribution in [3.05, 3.63) is 87.5 Å². The minimum atomic E-state index is -4.01. The molecule has 0 radical (unpaired) electrons.